The molecule has 1 aromatic heterocycles. The van der Waals surface area contributed by atoms with E-state index in [0.717, 1.165) is 49.8 Å². The SMILES string of the molecule is CCCCc1cnc(C(=O)CC2CCCC2C)cc1CCC(=O)OCc1cc(O)cc(C(C)(F)F)c1. The second-order valence-electron chi connectivity index (χ2n) is 10.2. The number of phenolic OH excluding ortho intramolecular Hbond substituents is 1. The summed E-state index contributed by atoms with van der Waals surface area (Å²) >= 11 is 0. The summed E-state index contributed by atoms with van der Waals surface area (Å²) in [7, 11) is 0. The molecule has 1 fully saturated rings. The number of carbonyl (C=O) groups is 2. The van der Waals surface area contributed by atoms with Gasteiger partial charge in [-0.05, 0) is 78.5 Å². The number of rotatable bonds is 12. The third kappa shape index (κ3) is 7.84. The van der Waals surface area contributed by atoms with Gasteiger partial charge < -0.3 is 9.84 Å². The number of nitrogens with zero attached hydrogens (tertiary/aromatic N) is 1. The minimum absolute atomic E-state index is 0.0482. The number of esters is 1. The van der Waals surface area contributed by atoms with Gasteiger partial charge in [0.05, 0.1) is 0 Å². The smallest absolute Gasteiger partial charge is 0.306 e. The molecule has 3 rings (SSSR count). The molecule has 1 saturated carbocycles. The molecule has 0 spiro atoms. The number of ether oxygens (including phenoxy) is 1. The maximum absolute atomic E-state index is 13.6. The van der Waals surface area contributed by atoms with Gasteiger partial charge >= 0.3 is 5.97 Å². The highest BCUT2D eigenvalue weighted by molar-refractivity contribution is 5.94. The van der Waals surface area contributed by atoms with Crippen LogP contribution in [-0.4, -0.2) is 21.8 Å². The number of ketones is 1. The van der Waals surface area contributed by atoms with Crippen LogP contribution in [0.5, 0.6) is 5.75 Å². The molecule has 0 amide bonds. The third-order valence-corrected chi connectivity index (χ3v) is 7.14. The topological polar surface area (TPSA) is 76.5 Å². The monoisotopic (exact) mass is 501 g/mol. The highest BCUT2D eigenvalue weighted by atomic mass is 19.3. The van der Waals surface area contributed by atoms with Crippen molar-refractivity contribution in [1.82, 2.24) is 4.98 Å². The molecule has 1 aromatic carbocycles. The Hall–Kier alpha value is -2.83. The van der Waals surface area contributed by atoms with Gasteiger partial charge in [0.25, 0.3) is 5.92 Å². The number of pyridine rings is 1. The second kappa shape index (κ2) is 12.4. The van der Waals surface area contributed by atoms with E-state index in [2.05, 4.69) is 18.8 Å². The van der Waals surface area contributed by atoms with Crippen LogP contribution in [0.2, 0.25) is 0 Å². The summed E-state index contributed by atoms with van der Waals surface area (Å²) in [5, 5.41) is 9.74. The summed E-state index contributed by atoms with van der Waals surface area (Å²) in [6.07, 6.45) is 8.99. The molecule has 2 unspecified atom stereocenters. The first-order chi connectivity index (χ1) is 17.1. The van der Waals surface area contributed by atoms with Gasteiger partial charge in [-0.15, -0.1) is 0 Å². The van der Waals surface area contributed by atoms with Crippen LogP contribution >= 0.6 is 0 Å². The highest BCUT2D eigenvalue weighted by Crippen LogP contribution is 2.34. The zero-order valence-electron chi connectivity index (χ0n) is 21.5. The van der Waals surface area contributed by atoms with Crippen molar-refractivity contribution in [3.63, 3.8) is 0 Å². The molecule has 1 aliphatic carbocycles. The van der Waals surface area contributed by atoms with E-state index < -0.39 is 11.9 Å². The van der Waals surface area contributed by atoms with Crippen LogP contribution in [0.15, 0.2) is 30.5 Å². The van der Waals surface area contributed by atoms with Crippen molar-refractivity contribution in [3.8, 4) is 5.75 Å². The van der Waals surface area contributed by atoms with Gasteiger partial charge in [0.1, 0.15) is 18.1 Å². The number of benzene rings is 1. The Balaban J connectivity index is 1.64. The van der Waals surface area contributed by atoms with E-state index in [1.807, 2.05) is 6.07 Å². The van der Waals surface area contributed by atoms with E-state index in [4.69, 9.17) is 4.74 Å². The molecular formula is C29H37F2NO4. The fourth-order valence-electron chi connectivity index (χ4n) is 4.85. The van der Waals surface area contributed by atoms with Gasteiger partial charge in [-0.25, -0.2) is 8.78 Å². The lowest BCUT2D eigenvalue weighted by molar-refractivity contribution is -0.144. The summed E-state index contributed by atoms with van der Waals surface area (Å²) < 4.78 is 32.5. The summed E-state index contributed by atoms with van der Waals surface area (Å²) in [5.41, 5.74) is 2.35. The summed E-state index contributed by atoms with van der Waals surface area (Å²) in [6, 6.07) is 5.35. The van der Waals surface area contributed by atoms with Crippen LogP contribution in [-0.2, 0) is 34.9 Å². The quantitative estimate of drug-likeness (QED) is 0.252. The second-order valence-corrected chi connectivity index (χ2v) is 10.2. The Kier molecular flexibility index (Phi) is 9.57. The van der Waals surface area contributed by atoms with Gasteiger partial charge in [0, 0.05) is 31.5 Å². The van der Waals surface area contributed by atoms with Gasteiger partial charge in [0.2, 0.25) is 0 Å². The molecule has 1 heterocycles. The molecule has 36 heavy (non-hydrogen) atoms. The molecule has 0 bridgehead atoms. The average molecular weight is 502 g/mol. The predicted molar refractivity (Wildman–Crippen MR) is 134 cm³/mol. The minimum atomic E-state index is -3.11. The Morgan fingerprint density at radius 1 is 1.14 bits per heavy atom. The van der Waals surface area contributed by atoms with E-state index in [1.165, 1.54) is 25.0 Å². The lowest BCUT2D eigenvalue weighted by Gasteiger charge is -2.15. The molecule has 5 nitrogen and oxygen atoms in total. The first-order valence-corrected chi connectivity index (χ1v) is 12.9. The zero-order chi connectivity index (χ0) is 26.3. The zero-order valence-corrected chi connectivity index (χ0v) is 21.5. The Morgan fingerprint density at radius 2 is 1.92 bits per heavy atom. The molecule has 0 saturated heterocycles. The Morgan fingerprint density at radius 3 is 2.58 bits per heavy atom. The lowest BCUT2D eigenvalue weighted by atomic mass is 9.91. The van der Waals surface area contributed by atoms with Gasteiger partial charge in [-0.2, -0.15) is 0 Å². The average Bonchev–Trinajstić information content (AvgIpc) is 3.23. The molecule has 196 valence electrons. The van der Waals surface area contributed by atoms with Crippen molar-refractivity contribution in [2.45, 2.75) is 91.1 Å². The number of aromatic hydroxyl groups is 1. The molecule has 1 N–H and O–H groups in total. The Bertz CT molecular complexity index is 1060. The van der Waals surface area contributed by atoms with E-state index in [1.54, 1.807) is 6.20 Å². The fourth-order valence-corrected chi connectivity index (χ4v) is 4.85. The maximum Gasteiger partial charge on any atom is 0.306 e. The number of unbranched alkanes of at least 4 members (excludes halogenated alkanes) is 1. The summed E-state index contributed by atoms with van der Waals surface area (Å²) in [6.45, 7) is 4.84. The van der Waals surface area contributed by atoms with E-state index >= 15 is 0 Å². The van der Waals surface area contributed by atoms with E-state index in [-0.39, 0.29) is 30.1 Å². The van der Waals surface area contributed by atoms with E-state index in [0.29, 0.717) is 35.9 Å². The first-order valence-electron chi connectivity index (χ1n) is 12.9. The molecule has 2 aromatic rings. The standard InChI is InChI=1S/C29H37F2NO4/c1-4-5-8-23-17-32-26(27(34)15-21-9-6-7-19(21)2)14-22(23)10-11-28(35)36-18-20-12-24(29(3,30)31)16-25(33)13-20/h12-14,16-17,19,21,33H,4-11,15,18H2,1-3H3. The molecule has 7 heteroatoms. The van der Waals surface area contributed by atoms with Crippen LogP contribution < -0.4 is 0 Å². The predicted octanol–water partition coefficient (Wildman–Crippen LogP) is 6.93. The minimum Gasteiger partial charge on any atom is -0.508 e. The van der Waals surface area contributed by atoms with Crippen LogP contribution in [0, 0.1) is 11.8 Å². The number of aromatic nitrogens is 1. The van der Waals surface area contributed by atoms with Crippen molar-refractivity contribution < 1.29 is 28.2 Å². The van der Waals surface area contributed by atoms with Crippen LogP contribution in [0.3, 0.4) is 0 Å². The van der Waals surface area contributed by atoms with Crippen LogP contribution in [0.4, 0.5) is 8.78 Å². The number of Topliss-reactive ketones (excluding diaryl/α,β-unsaturated/α-hetero) is 1. The van der Waals surface area contributed by atoms with Crippen LogP contribution in [0.1, 0.15) is 98.5 Å². The van der Waals surface area contributed by atoms with Crippen LogP contribution in [0.25, 0.3) is 0 Å². The molecule has 2 atom stereocenters. The number of aryl methyl sites for hydroxylation is 2. The summed E-state index contributed by atoms with van der Waals surface area (Å²) in [4.78, 5) is 29.8. The number of carbonyl (C=O) groups excluding carboxylic acids is 2. The van der Waals surface area contributed by atoms with Gasteiger partial charge in [0.15, 0.2) is 5.78 Å². The lowest BCUT2D eigenvalue weighted by Crippen LogP contribution is -2.14. The molecule has 0 radical (unpaired) electrons. The van der Waals surface area contributed by atoms with Crippen molar-refractivity contribution >= 4 is 11.8 Å². The third-order valence-electron chi connectivity index (χ3n) is 7.14. The van der Waals surface area contributed by atoms with Crippen molar-refractivity contribution in [2.75, 3.05) is 0 Å². The fraction of sp³-hybridized carbons (Fsp3) is 0.552. The van der Waals surface area contributed by atoms with Crippen molar-refractivity contribution in [1.29, 1.82) is 0 Å². The summed E-state index contributed by atoms with van der Waals surface area (Å²) in [5.74, 6) is -2.89. The number of halogens is 2. The first kappa shape index (κ1) is 27.8. The number of alkyl halides is 2. The normalized spacial score (nSPS) is 17.8. The van der Waals surface area contributed by atoms with Gasteiger partial charge in [-0.1, -0.05) is 33.1 Å². The van der Waals surface area contributed by atoms with E-state index in [9.17, 15) is 23.5 Å². The maximum atomic E-state index is 13.6. The number of hydrogen-bond donors (Lipinski definition) is 1. The number of hydrogen-bond acceptors (Lipinski definition) is 5. The highest BCUT2D eigenvalue weighted by Gasteiger charge is 2.27. The molecule has 1 aliphatic rings. The van der Waals surface area contributed by atoms with Gasteiger partial charge in [-0.3, -0.25) is 14.6 Å². The number of phenols is 1. The van der Waals surface area contributed by atoms with Crippen molar-refractivity contribution in [2.24, 2.45) is 11.8 Å². The molecule has 0 aliphatic heterocycles. The largest absolute Gasteiger partial charge is 0.508 e. The molecular weight excluding hydrogens is 464 g/mol. The van der Waals surface area contributed by atoms with Crippen molar-refractivity contribution in [3.05, 3.63) is 58.4 Å². The Labute approximate surface area is 212 Å².